The highest BCUT2D eigenvalue weighted by atomic mass is 16.5. The third-order valence-electron chi connectivity index (χ3n) is 3.12. The molecule has 1 aromatic carbocycles. The second-order valence-electron chi connectivity index (χ2n) is 5.25. The van der Waals surface area contributed by atoms with Crippen molar-refractivity contribution in [3.8, 4) is 11.5 Å². The van der Waals surface area contributed by atoms with E-state index in [4.69, 9.17) is 13.9 Å². The third kappa shape index (κ3) is 3.34. The molecular weight excluding hydrogens is 276 g/mol. The summed E-state index contributed by atoms with van der Waals surface area (Å²) in [4.78, 5) is 11.3. The number of aliphatic hydroxyl groups excluding tert-OH is 1. The fourth-order valence-corrected chi connectivity index (χ4v) is 1.77. The van der Waals surface area contributed by atoms with Crippen molar-refractivity contribution < 1.29 is 24.1 Å². The molecule has 0 aliphatic carbocycles. The zero-order valence-electron chi connectivity index (χ0n) is 12.1. The van der Waals surface area contributed by atoms with Gasteiger partial charge in [-0.15, -0.1) is 0 Å². The van der Waals surface area contributed by atoms with Crippen LogP contribution in [-0.4, -0.2) is 35.6 Å². The van der Waals surface area contributed by atoms with E-state index < -0.39 is 17.3 Å². The van der Waals surface area contributed by atoms with E-state index in [1.807, 2.05) is 0 Å². The first-order valence-corrected chi connectivity index (χ1v) is 6.47. The number of hydrogen-bond donors (Lipinski definition) is 2. The van der Waals surface area contributed by atoms with Gasteiger partial charge in [-0.05, 0) is 32.0 Å². The van der Waals surface area contributed by atoms with Crippen LogP contribution in [0.1, 0.15) is 13.8 Å². The number of methoxy groups -OCH3 is 1. The molecule has 0 bridgehead atoms. The predicted octanol–water partition coefficient (Wildman–Crippen LogP) is 1.31. The Morgan fingerprint density at radius 2 is 1.95 bits per heavy atom. The molecule has 114 valence electrons. The lowest BCUT2D eigenvalue weighted by Gasteiger charge is -2.24. The normalized spacial score (nSPS) is 13.2. The maximum atomic E-state index is 11.3. The highest BCUT2D eigenvalue weighted by Crippen LogP contribution is 2.34. The van der Waals surface area contributed by atoms with Gasteiger partial charge in [0.1, 0.15) is 12.7 Å². The molecule has 1 unspecified atom stereocenters. The van der Waals surface area contributed by atoms with Crippen LogP contribution in [0.5, 0.6) is 11.5 Å². The van der Waals surface area contributed by atoms with E-state index in [2.05, 4.69) is 0 Å². The molecule has 0 aliphatic rings. The quantitative estimate of drug-likeness (QED) is 0.808. The average molecular weight is 294 g/mol. The largest absolute Gasteiger partial charge is 0.490 e. The lowest BCUT2D eigenvalue weighted by Crippen LogP contribution is -2.40. The lowest BCUT2D eigenvalue weighted by atomic mass is 10.0. The Balaban J connectivity index is 2.34. The van der Waals surface area contributed by atoms with Crippen LogP contribution < -0.4 is 15.1 Å². The topological polar surface area (TPSA) is 89.1 Å². The van der Waals surface area contributed by atoms with E-state index in [-0.39, 0.29) is 17.9 Å². The molecule has 0 saturated carbocycles. The highest BCUT2D eigenvalue weighted by Gasteiger charge is 2.25. The van der Waals surface area contributed by atoms with Crippen molar-refractivity contribution >= 4 is 11.0 Å². The van der Waals surface area contributed by atoms with Gasteiger partial charge in [0.05, 0.1) is 12.7 Å². The van der Waals surface area contributed by atoms with Crippen LogP contribution in [0, 0.1) is 0 Å². The van der Waals surface area contributed by atoms with Crippen LogP contribution >= 0.6 is 0 Å². The minimum absolute atomic E-state index is 0.123. The van der Waals surface area contributed by atoms with E-state index >= 15 is 0 Å². The zero-order valence-corrected chi connectivity index (χ0v) is 12.1. The molecule has 0 saturated heterocycles. The summed E-state index contributed by atoms with van der Waals surface area (Å²) in [6.07, 6.45) is -1.07. The van der Waals surface area contributed by atoms with Crippen molar-refractivity contribution in [2.75, 3.05) is 13.7 Å². The standard InChI is InChI=1S/C15H18O6/c1-15(2,18)11(16)8-20-10-6-4-9-5-7-12(17)21-13(9)14(10)19-3/h4-7,11,16,18H,8H2,1-3H3. The van der Waals surface area contributed by atoms with Gasteiger partial charge in [-0.3, -0.25) is 0 Å². The molecule has 2 N–H and O–H groups in total. The summed E-state index contributed by atoms with van der Waals surface area (Å²) >= 11 is 0. The summed E-state index contributed by atoms with van der Waals surface area (Å²) in [7, 11) is 1.43. The number of fused-ring (bicyclic) bond motifs is 1. The maximum absolute atomic E-state index is 11.3. The van der Waals surface area contributed by atoms with E-state index in [0.717, 1.165) is 0 Å². The molecule has 0 radical (unpaired) electrons. The molecule has 1 aromatic heterocycles. The SMILES string of the molecule is COc1c(OCC(O)C(C)(C)O)ccc2ccc(=O)oc12. The Morgan fingerprint density at radius 3 is 2.57 bits per heavy atom. The van der Waals surface area contributed by atoms with Crippen LogP contribution in [0.15, 0.2) is 33.5 Å². The molecule has 6 nitrogen and oxygen atoms in total. The second kappa shape index (κ2) is 5.75. The van der Waals surface area contributed by atoms with E-state index in [1.165, 1.54) is 27.0 Å². The van der Waals surface area contributed by atoms with Crippen molar-refractivity contribution in [3.05, 3.63) is 34.7 Å². The summed E-state index contributed by atoms with van der Waals surface area (Å²) in [6, 6.07) is 6.31. The average Bonchev–Trinajstić information content (AvgIpc) is 2.42. The molecule has 0 fully saturated rings. The molecule has 2 aromatic rings. The summed E-state index contributed by atoms with van der Waals surface area (Å²) in [5.74, 6) is 0.593. The number of rotatable bonds is 5. The monoisotopic (exact) mass is 294 g/mol. The highest BCUT2D eigenvalue weighted by molar-refractivity contribution is 5.85. The van der Waals surface area contributed by atoms with Gasteiger partial charge in [-0.25, -0.2) is 4.79 Å². The molecule has 21 heavy (non-hydrogen) atoms. The van der Waals surface area contributed by atoms with Crippen LogP contribution in [0.2, 0.25) is 0 Å². The van der Waals surface area contributed by atoms with E-state index in [1.54, 1.807) is 18.2 Å². The second-order valence-corrected chi connectivity index (χ2v) is 5.25. The molecule has 0 amide bonds. The molecule has 1 heterocycles. The van der Waals surface area contributed by atoms with Crippen LogP contribution in [0.25, 0.3) is 11.0 Å². The van der Waals surface area contributed by atoms with Gasteiger partial charge in [0.2, 0.25) is 5.75 Å². The Kier molecular flexibility index (Phi) is 4.20. The van der Waals surface area contributed by atoms with Crippen molar-refractivity contribution in [1.29, 1.82) is 0 Å². The van der Waals surface area contributed by atoms with E-state index in [9.17, 15) is 15.0 Å². The number of aliphatic hydroxyl groups is 2. The van der Waals surface area contributed by atoms with Gasteiger partial charge in [-0.2, -0.15) is 0 Å². The molecule has 0 spiro atoms. The molecular formula is C15H18O6. The summed E-state index contributed by atoms with van der Waals surface area (Å²) < 4.78 is 15.8. The fourth-order valence-electron chi connectivity index (χ4n) is 1.77. The van der Waals surface area contributed by atoms with Crippen molar-refractivity contribution in [3.63, 3.8) is 0 Å². The van der Waals surface area contributed by atoms with Gasteiger partial charge >= 0.3 is 5.63 Å². The van der Waals surface area contributed by atoms with Gasteiger partial charge < -0.3 is 24.1 Å². The Bertz CT molecular complexity index is 683. The van der Waals surface area contributed by atoms with Gasteiger partial charge in [0, 0.05) is 11.5 Å². The van der Waals surface area contributed by atoms with Crippen molar-refractivity contribution in [1.82, 2.24) is 0 Å². The summed E-state index contributed by atoms with van der Waals surface area (Å²) in [5, 5.41) is 20.2. The third-order valence-corrected chi connectivity index (χ3v) is 3.12. The molecule has 1 atom stereocenters. The van der Waals surface area contributed by atoms with Crippen molar-refractivity contribution in [2.45, 2.75) is 25.6 Å². The van der Waals surface area contributed by atoms with Gasteiger partial charge in [-0.1, -0.05) is 0 Å². The Morgan fingerprint density at radius 1 is 1.29 bits per heavy atom. The smallest absolute Gasteiger partial charge is 0.336 e. The zero-order chi connectivity index (χ0) is 15.6. The molecule has 6 heteroatoms. The van der Waals surface area contributed by atoms with Crippen molar-refractivity contribution in [2.24, 2.45) is 0 Å². The predicted molar refractivity (Wildman–Crippen MR) is 76.8 cm³/mol. The number of benzene rings is 1. The first-order chi connectivity index (χ1) is 9.82. The van der Waals surface area contributed by atoms with Crippen LogP contribution in [0.3, 0.4) is 0 Å². The van der Waals surface area contributed by atoms with E-state index in [0.29, 0.717) is 11.1 Å². The summed E-state index contributed by atoms with van der Waals surface area (Å²) in [5.41, 5.74) is -1.49. The number of hydrogen-bond acceptors (Lipinski definition) is 6. The maximum Gasteiger partial charge on any atom is 0.336 e. The minimum atomic E-state index is -1.28. The Labute approximate surface area is 121 Å². The van der Waals surface area contributed by atoms with Crippen LogP contribution in [0.4, 0.5) is 0 Å². The Hall–Kier alpha value is -2.05. The molecule has 0 aliphatic heterocycles. The van der Waals surface area contributed by atoms with Gasteiger partial charge in [0.15, 0.2) is 11.3 Å². The van der Waals surface area contributed by atoms with Crippen LogP contribution in [-0.2, 0) is 0 Å². The molecule has 2 rings (SSSR count). The minimum Gasteiger partial charge on any atom is -0.490 e. The summed E-state index contributed by atoms with van der Waals surface area (Å²) in [6.45, 7) is 2.85. The lowest BCUT2D eigenvalue weighted by molar-refractivity contribution is -0.0663. The van der Waals surface area contributed by atoms with Gasteiger partial charge in [0.25, 0.3) is 0 Å². The number of ether oxygens (including phenoxy) is 2. The fraction of sp³-hybridized carbons (Fsp3) is 0.400. The first kappa shape index (κ1) is 15.3. The first-order valence-electron chi connectivity index (χ1n) is 6.47.